The Balaban J connectivity index is 2.50. The van der Waals surface area contributed by atoms with Gasteiger partial charge in [-0.25, -0.2) is 13.1 Å². The molecule has 2 N–H and O–H groups in total. The van der Waals surface area contributed by atoms with Crippen molar-refractivity contribution in [3.63, 3.8) is 0 Å². The van der Waals surface area contributed by atoms with E-state index >= 15 is 0 Å². The Morgan fingerprint density at radius 2 is 2.00 bits per heavy atom. The van der Waals surface area contributed by atoms with Crippen LogP contribution < -0.4 is 10.0 Å². The molecule has 2 rings (SSSR count). The van der Waals surface area contributed by atoms with Gasteiger partial charge in [-0.1, -0.05) is 0 Å². The number of sulfonamides is 1. The standard InChI is InChI=1S/C11H15N3O4S/c1-7-5-9(12-2)10(14(15)16)6-11(7)19(17,18)13-8-3-4-8/h5-6,8,12-13H,3-4H2,1-2H3. The van der Waals surface area contributed by atoms with E-state index in [1.165, 1.54) is 6.07 Å². The van der Waals surface area contributed by atoms with E-state index < -0.39 is 14.9 Å². The number of aryl methyl sites for hydroxylation is 1. The highest BCUT2D eigenvalue weighted by Crippen LogP contribution is 2.31. The number of nitrogens with zero attached hydrogens (tertiary/aromatic N) is 1. The minimum Gasteiger partial charge on any atom is -0.383 e. The van der Waals surface area contributed by atoms with Crippen LogP contribution in [0.3, 0.4) is 0 Å². The fourth-order valence-electron chi connectivity index (χ4n) is 1.80. The number of nitrogens with one attached hydrogen (secondary N) is 2. The molecule has 0 atom stereocenters. The van der Waals surface area contributed by atoms with Gasteiger partial charge >= 0.3 is 0 Å². The van der Waals surface area contributed by atoms with Gasteiger partial charge in [0.1, 0.15) is 5.69 Å². The lowest BCUT2D eigenvalue weighted by molar-refractivity contribution is -0.384. The van der Waals surface area contributed by atoms with Crippen molar-refractivity contribution in [2.45, 2.75) is 30.7 Å². The second-order valence-corrected chi connectivity index (χ2v) is 6.22. The summed E-state index contributed by atoms with van der Waals surface area (Å²) >= 11 is 0. The zero-order chi connectivity index (χ0) is 14.2. The molecular formula is C11H15N3O4S. The van der Waals surface area contributed by atoms with Crippen LogP contribution in [0, 0.1) is 17.0 Å². The summed E-state index contributed by atoms with van der Waals surface area (Å²) < 4.78 is 26.8. The predicted octanol–water partition coefficient (Wildman–Crippen LogP) is 1.39. The smallest absolute Gasteiger partial charge is 0.293 e. The largest absolute Gasteiger partial charge is 0.383 e. The number of hydrogen-bond acceptors (Lipinski definition) is 5. The minimum atomic E-state index is -3.69. The van der Waals surface area contributed by atoms with Crippen molar-refractivity contribution >= 4 is 21.4 Å². The topological polar surface area (TPSA) is 101 Å². The first-order valence-electron chi connectivity index (χ1n) is 5.84. The van der Waals surface area contributed by atoms with Gasteiger partial charge in [-0.05, 0) is 31.4 Å². The molecule has 0 amide bonds. The van der Waals surface area contributed by atoms with E-state index in [9.17, 15) is 18.5 Å². The van der Waals surface area contributed by atoms with Crippen LogP contribution in [-0.2, 0) is 10.0 Å². The molecule has 7 nitrogen and oxygen atoms in total. The summed E-state index contributed by atoms with van der Waals surface area (Å²) in [6.45, 7) is 1.62. The lowest BCUT2D eigenvalue weighted by atomic mass is 10.2. The van der Waals surface area contributed by atoms with Crippen molar-refractivity contribution < 1.29 is 13.3 Å². The zero-order valence-corrected chi connectivity index (χ0v) is 11.5. The normalized spacial score (nSPS) is 15.3. The van der Waals surface area contributed by atoms with Crippen molar-refractivity contribution in [3.05, 3.63) is 27.8 Å². The van der Waals surface area contributed by atoms with Crippen molar-refractivity contribution in [1.29, 1.82) is 0 Å². The van der Waals surface area contributed by atoms with Crippen LogP contribution >= 0.6 is 0 Å². The Bertz CT molecular complexity index is 623. The van der Waals surface area contributed by atoms with Gasteiger partial charge in [0.2, 0.25) is 10.0 Å². The van der Waals surface area contributed by atoms with Crippen LogP contribution in [0.1, 0.15) is 18.4 Å². The minimum absolute atomic E-state index is 0.0348. The molecule has 1 fully saturated rings. The zero-order valence-electron chi connectivity index (χ0n) is 10.6. The molecular weight excluding hydrogens is 270 g/mol. The molecule has 1 saturated carbocycles. The van der Waals surface area contributed by atoms with Crippen LogP contribution in [0.5, 0.6) is 0 Å². The van der Waals surface area contributed by atoms with Crippen LogP contribution in [0.2, 0.25) is 0 Å². The van der Waals surface area contributed by atoms with Gasteiger partial charge < -0.3 is 5.32 Å². The molecule has 0 unspecified atom stereocenters. The maximum atomic E-state index is 12.1. The first kappa shape index (κ1) is 13.8. The Kier molecular flexibility index (Phi) is 3.46. The predicted molar refractivity (Wildman–Crippen MR) is 70.7 cm³/mol. The van der Waals surface area contributed by atoms with E-state index in [1.807, 2.05) is 0 Å². The van der Waals surface area contributed by atoms with Crippen LogP contribution in [0.25, 0.3) is 0 Å². The highest BCUT2D eigenvalue weighted by molar-refractivity contribution is 7.89. The average Bonchev–Trinajstić information content (AvgIpc) is 3.10. The van der Waals surface area contributed by atoms with Crippen LogP contribution in [0.15, 0.2) is 17.0 Å². The number of rotatable bonds is 5. The second kappa shape index (κ2) is 4.78. The van der Waals surface area contributed by atoms with E-state index in [2.05, 4.69) is 10.0 Å². The highest BCUT2D eigenvalue weighted by atomic mass is 32.2. The summed E-state index contributed by atoms with van der Waals surface area (Å²) in [5.74, 6) is 0. The first-order chi connectivity index (χ1) is 8.85. The Hall–Kier alpha value is -1.67. The fraction of sp³-hybridized carbons (Fsp3) is 0.455. The molecule has 0 bridgehead atoms. The van der Waals surface area contributed by atoms with Crippen molar-refractivity contribution in [1.82, 2.24) is 4.72 Å². The molecule has 1 aliphatic carbocycles. The third-order valence-corrected chi connectivity index (χ3v) is 4.61. The summed E-state index contributed by atoms with van der Waals surface area (Å²) in [6.07, 6.45) is 1.63. The maximum absolute atomic E-state index is 12.1. The van der Waals surface area contributed by atoms with Crippen molar-refractivity contribution in [2.24, 2.45) is 0 Å². The molecule has 0 spiro atoms. The van der Waals surface area contributed by atoms with E-state index in [0.29, 0.717) is 11.3 Å². The molecule has 1 aromatic rings. The highest BCUT2D eigenvalue weighted by Gasteiger charge is 2.30. The van der Waals surface area contributed by atoms with Gasteiger partial charge in [0, 0.05) is 19.2 Å². The molecule has 8 heteroatoms. The van der Waals surface area contributed by atoms with E-state index in [4.69, 9.17) is 0 Å². The fourth-order valence-corrected chi connectivity index (χ4v) is 3.35. The number of benzene rings is 1. The third kappa shape index (κ3) is 2.85. The van der Waals surface area contributed by atoms with Crippen molar-refractivity contribution in [2.75, 3.05) is 12.4 Å². The lowest BCUT2D eigenvalue weighted by Gasteiger charge is -2.10. The van der Waals surface area contributed by atoms with Gasteiger partial charge in [0.15, 0.2) is 0 Å². The molecule has 1 aromatic carbocycles. The summed E-state index contributed by atoms with van der Waals surface area (Å²) in [5, 5.41) is 13.6. The SMILES string of the molecule is CNc1cc(C)c(S(=O)(=O)NC2CC2)cc1[N+](=O)[O-]. The quantitative estimate of drug-likeness (QED) is 0.628. The monoisotopic (exact) mass is 285 g/mol. The molecule has 0 aromatic heterocycles. The van der Waals surface area contributed by atoms with E-state index in [-0.39, 0.29) is 16.6 Å². The van der Waals surface area contributed by atoms with Crippen LogP contribution in [0.4, 0.5) is 11.4 Å². The Morgan fingerprint density at radius 1 is 1.37 bits per heavy atom. The van der Waals surface area contributed by atoms with Crippen LogP contribution in [-0.4, -0.2) is 26.4 Å². The summed E-state index contributed by atoms with van der Waals surface area (Å²) in [5.41, 5.74) is 0.528. The second-order valence-electron chi connectivity index (χ2n) is 4.54. The number of nitro groups is 1. The average molecular weight is 285 g/mol. The summed E-state index contributed by atoms with van der Waals surface area (Å²) in [7, 11) is -2.14. The molecule has 0 aliphatic heterocycles. The third-order valence-electron chi connectivity index (χ3n) is 2.95. The molecule has 104 valence electrons. The molecule has 0 saturated heterocycles. The number of hydrogen-bond donors (Lipinski definition) is 2. The van der Waals surface area contributed by atoms with Gasteiger partial charge in [0.05, 0.1) is 9.82 Å². The van der Waals surface area contributed by atoms with Crippen molar-refractivity contribution in [3.8, 4) is 0 Å². The molecule has 0 radical (unpaired) electrons. The molecule has 0 heterocycles. The van der Waals surface area contributed by atoms with E-state index in [1.54, 1.807) is 14.0 Å². The maximum Gasteiger partial charge on any atom is 0.293 e. The first-order valence-corrected chi connectivity index (χ1v) is 7.32. The molecule has 1 aliphatic rings. The van der Waals surface area contributed by atoms with Gasteiger partial charge in [0.25, 0.3) is 5.69 Å². The summed E-state index contributed by atoms with van der Waals surface area (Å²) in [4.78, 5) is 10.3. The summed E-state index contributed by atoms with van der Waals surface area (Å²) in [6, 6.07) is 2.54. The number of anilines is 1. The molecule has 19 heavy (non-hydrogen) atoms. The van der Waals surface area contributed by atoms with Gasteiger partial charge in [-0.3, -0.25) is 10.1 Å². The van der Waals surface area contributed by atoms with Gasteiger partial charge in [-0.15, -0.1) is 0 Å². The number of nitro benzene ring substituents is 1. The Labute approximate surface area is 111 Å². The van der Waals surface area contributed by atoms with Gasteiger partial charge in [-0.2, -0.15) is 0 Å². The Morgan fingerprint density at radius 3 is 2.47 bits per heavy atom. The lowest BCUT2D eigenvalue weighted by Crippen LogP contribution is -2.26. The van der Waals surface area contributed by atoms with E-state index in [0.717, 1.165) is 18.9 Å².